The van der Waals surface area contributed by atoms with Crippen molar-refractivity contribution in [2.45, 2.75) is 58.3 Å². The second-order valence-corrected chi connectivity index (χ2v) is 6.78. The molecule has 0 fully saturated rings. The van der Waals surface area contributed by atoms with Gasteiger partial charge in [-0.15, -0.1) is 0 Å². The number of hydrogen-bond acceptors (Lipinski definition) is 4. The fourth-order valence-corrected chi connectivity index (χ4v) is 3.04. The molecule has 0 heterocycles. The molecule has 0 aromatic heterocycles. The molecule has 0 saturated carbocycles. The third-order valence-electron chi connectivity index (χ3n) is 4.61. The van der Waals surface area contributed by atoms with Crippen LogP contribution in [0.25, 0.3) is 0 Å². The van der Waals surface area contributed by atoms with Crippen molar-refractivity contribution in [3.63, 3.8) is 0 Å². The Hall–Kier alpha value is -2.82. The molecule has 5 heteroatoms. The first-order valence-corrected chi connectivity index (χ1v) is 9.92. The van der Waals surface area contributed by atoms with Gasteiger partial charge >= 0.3 is 11.9 Å². The lowest BCUT2D eigenvalue weighted by Crippen LogP contribution is -2.14. The van der Waals surface area contributed by atoms with Crippen LogP contribution in [0.3, 0.4) is 0 Å². The van der Waals surface area contributed by atoms with Crippen molar-refractivity contribution in [1.82, 2.24) is 0 Å². The summed E-state index contributed by atoms with van der Waals surface area (Å²) >= 11 is 0. The minimum atomic E-state index is -1.19. The Kier molecular flexibility index (Phi) is 9.05. The average Bonchev–Trinajstić information content (AvgIpc) is 2.72. The molecule has 2 aromatic rings. The summed E-state index contributed by atoms with van der Waals surface area (Å²) < 4.78 is 0. The van der Waals surface area contributed by atoms with Crippen LogP contribution in [0.5, 0.6) is 5.75 Å². The van der Waals surface area contributed by atoms with Gasteiger partial charge in [-0.2, -0.15) is 0 Å². The number of carboxylic acid groups (broad SMARTS) is 1. The Bertz CT molecular complexity index is 769. The average molecular weight is 384 g/mol. The van der Waals surface area contributed by atoms with E-state index in [9.17, 15) is 14.7 Å². The molecule has 0 bridgehead atoms. The minimum Gasteiger partial charge on any atom is -0.478 e. The largest absolute Gasteiger partial charge is 0.478 e. The molecule has 28 heavy (non-hydrogen) atoms. The molecule has 1 N–H and O–H groups in total. The van der Waals surface area contributed by atoms with E-state index in [1.165, 1.54) is 44.2 Å². The Morgan fingerprint density at radius 3 is 2.14 bits per heavy atom. The molecule has 0 saturated heterocycles. The number of benzene rings is 2. The monoisotopic (exact) mass is 384 g/mol. The molecular weight excluding hydrogens is 356 g/mol. The normalized spacial score (nSPS) is 10.5. The number of carbonyl (C=O) groups is 2. The van der Waals surface area contributed by atoms with Crippen LogP contribution >= 0.6 is 0 Å². The van der Waals surface area contributed by atoms with Gasteiger partial charge in [0, 0.05) is 0 Å². The van der Waals surface area contributed by atoms with Crippen LogP contribution < -0.4 is 4.89 Å². The zero-order valence-corrected chi connectivity index (χ0v) is 16.4. The topological polar surface area (TPSA) is 72.8 Å². The number of carbonyl (C=O) groups excluding carboxylic acids is 1. The number of hydrogen-bond donors (Lipinski definition) is 1. The maximum absolute atomic E-state index is 12.2. The van der Waals surface area contributed by atoms with Gasteiger partial charge in [0.2, 0.25) is 0 Å². The number of aromatic carboxylic acids is 1. The van der Waals surface area contributed by atoms with Crippen LogP contribution in [-0.4, -0.2) is 17.0 Å². The summed E-state index contributed by atoms with van der Waals surface area (Å²) in [5.41, 5.74) is 0.808. The molecule has 0 amide bonds. The highest BCUT2D eigenvalue weighted by Gasteiger charge is 2.19. The summed E-state index contributed by atoms with van der Waals surface area (Å²) in [5.74, 6) is -1.54. The van der Waals surface area contributed by atoms with Crippen LogP contribution in [0.2, 0.25) is 0 Å². The number of aryl methyl sites for hydroxylation is 1. The van der Waals surface area contributed by atoms with Gasteiger partial charge in [-0.05, 0) is 36.6 Å². The van der Waals surface area contributed by atoms with Gasteiger partial charge in [-0.25, -0.2) is 14.5 Å². The first-order chi connectivity index (χ1) is 13.6. The van der Waals surface area contributed by atoms with Crippen molar-refractivity contribution in [2.75, 3.05) is 0 Å². The van der Waals surface area contributed by atoms with Crippen LogP contribution in [0.1, 0.15) is 78.1 Å². The van der Waals surface area contributed by atoms with Crippen LogP contribution in [0.4, 0.5) is 0 Å². The predicted octanol–water partition coefficient (Wildman–Crippen LogP) is 5.83. The van der Waals surface area contributed by atoms with E-state index in [1.54, 1.807) is 18.2 Å². The molecule has 2 aromatic carbocycles. The van der Waals surface area contributed by atoms with Crippen molar-refractivity contribution in [3.8, 4) is 5.75 Å². The molecule has 2 rings (SSSR count). The van der Waals surface area contributed by atoms with Crippen molar-refractivity contribution in [3.05, 3.63) is 65.2 Å². The van der Waals surface area contributed by atoms with E-state index >= 15 is 0 Å². The highest BCUT2D eigenvalue weighted by molar-refractivity contribution is 6.02. The Morgan fingerprint density at radius 1 is 0.821 bits per heavy atom. The lowest BCUT2D eigenvalue weighted by molar-refractivity contribution is -0.150. The summed E-state index contributed by atoms with van der Waals surface area (Å²) in [6.45, 7) is 2.21. The maximum Gasteiger partial charge on any atom is 0.387 e. The fraction of sp³-hybridized carbons (Fsp3) is 0.391. The molecule has 0 radical (unpaired) electrons. The quantitative estimate of drug-likeness (QED) is 0.283. The molecular formula is C23H28O5. The highest BCUT2D eigenvalue weighted by Crippen LogP contribution is 2.22. The summed E-state index contributed by atoms with van der Waals surface area (Å²) in [6.07, 6.45) is 9.38. The maximum atomic E-state index is 12.2. The van der Waals surface area contributed by atoms with Gasteiger partial charge in [0.05, 0.1) is 11.1 Å². The number of unbranched alkanes of at least 4 members (excludes halogenated alkanes) is 6. The van der Waals surface area contributed by atoms with E-state index in [-0.39, 0.29) is 11.1 Å². The van der Waals surface area contributed by atoms with E-state index in [0.717, 1.165) is 24.8 Å². The minimum absolute atomic E-state index is 0.0421. The van der Waals surface area contributed by atoms with Gasteiger partial charge in [-0.1, -0.05) is 75.8 Å². The Morgan fingerprint density at radius 2 is 1.43 bits per heavy atom. The van der Waals surface area contributed by atoms with E-state index in [2.05, 4.69) is 6.92 Å². The summed E-state index contributed by atoms with van der Waals surface area (Å²) in [5, 5.41) is 9.18. The molecule has 0 aliphatic rings. The summed E-state index contributed by atoms with van der Waals surface area (Å²) in [7, 11) is 0. The predicted molar refractivity (Wildman–Crippen MR) is 108 cm³/mol. The van der Waals surface area contributed by atoms with Crippen molar-refractivity contribution in [2.24, 2.45) is 0 Å². The van der Waals surface area contributed by atoms with Crippen LogP contribution in [0.15, 0.2) is 48.5 Å². The zero-order valence-electron chi connectivity index (χ0n) is 16.4. The van der Waals surface area contributed by atoms with Crippen LogP contribution in [0, 0.1) is 0 Å². The first kappa shape index (κ1) is 21.5. The van der Waals surface area contributed by atoms with Crippen molar-refractivity contribution >= 4 is 11.9 Å². The Labute approximate surface area is 166 Å². The molecule has 0 unspecified atom stereocenters. The lowest BCUT2D eigenvalue weighted by Gasteiger charge is -2.10. The third kappa shape index (κ3) is 6.72. The zero-order chi connectivity index (χ0) is 20.2. The molecule has 5 nitrogen and oxygen atoms in total. The van der Waals surface area contributed by atoms with Crippen molar-refractivity contribution in [1.29, 1.82) is 0 Å². The fourth-order valence-electron chi connectivity index (χ4n) is 3.04. The van der Waals surface area contributed by atoms with Gasteiger partial charge in [0.15, 0.2) is 5.75 Å². The summed E-state index contributed by atoms with van der Waals surface area (Å²) in [4.78, 5) is 33.6. The van der Waals surface area contributed by atoms with E-state index in [0.29, 0.717) is 5.75 Å². The highest BCUT2D eigenvalue weighted by atomic mass is 17.2. The smallest absolute Gasteiger partial charge is 0.387 e. The first-order valence-electron chi connectivity index (χ1n) is 9.92. The van der Waals surface area contributed by atoms with Gasteiger partial charge < -0.3 is 5.11 Å². The van der Waals surface area contributed by atoms with E-state index in [4.69, 9.17) is 9.78 Å². The van der Waals surface area contributed by atoms with E-state index < -0.39 is 11.9 Å². The van der Waals surface area contributed by atoms with Gasteiger partial charge in [0.1, 0.15) is 0 Å². The Balaban J connectivity index is 1.88. The molecule has 0 aliphatic carbocycles. The molecule has 0 spiro atoms. The summed E-state index contributed by atoms with van der Waals surface area (Å²) in [6, 6.07) is 13.3. The standard InChI is InChI=1S/C23H28O5/c1-2-3-4-5-6-7-8-13-18-14-9-12-17-21(18)27-28-23(26)20-16-11-10-15-19(20)22(24)25/h9-12,14-17H,2-8,13H2,1H3,(H,24,25). The van der Waals surface area contributed by atoms with Gasteiger partial charge in [0.25, 0.3) is 0 Å². The second kappa shape index (κ2) is 11.8. The number of carboxylic acids is 1. The number of rotatable bonds is 12. The molecule has 0 aliphatic heterocycles. The van der Waals surface area contributed by atoms with Crippen molar-refractivity contribution < 1.29 is 24.5 Å². The van der Waals surface area contributed by atoms with E-state index in [1.807, 2.05) is 18.2 Å². The number of para-hydroxylation sites is 1. The second-order valence-electron chi connectivity index (χ2n) is 6.78. The molecule has 0 atom stereocenters. The van der Waals surface area contributed by atoms with Crippen LogP contribution in [-0.2, 0) is 11.3 Å². The molecule has 150 valence electrons. The SMILES string of the molecule is CCCCCCCCCc1ccccc1OOC(=O)c1ccccc1C(=O)O. The third-order valence-corrected chi connectivity index (χ3v) is 4.61. The van der Waals surface area contributed by atoms with Gasteiger partial charge in [-0.3, -0.25) is 4.89 Å². The lowest BCUT2D eigenvalue weighted by atomic mass is 10.0.